The smallest absolute Gasteiger partial charge is 0.0554 e. The third kappa shape index (κ3) is 5.31. The maximum atomic E-state index is 2.43. The largest absolute Gasteiger partial charge is 0.310 e. The highest BCUT2D eigenvalue weighted by atomic mass is 32.1. The minimum absolute atomic E-state index is 0.0972. The summed E-state index contributed by atoms with van der Waals surface area (Å²) in [5, 5.41) is 2.53. The first-order chi connectivity index (χ1) is 26.5. The average molecular weight is 711 g/mol. The van der Waals surface area contributed by atoms with Crippen molar-refractivity contribution in [2.45, 2.75) is 19.3 Å². The molecule has 10 rings (SSSR count). The molecule has 0 aliphatic heterocycles. The minimum Gasteiger partial charge on any atom is -0.310 e. The van der Waals surface area contributed by atoms with Crippen molar-refractivity contribution in [2.75, 3.05) is 9.80 Å². The van der Waals surface area contributed by atoms with Crippen molar-refractivity contribution < 1.29 is 0 Å². The second-order valence-electron chi connectivity index (χ2n) is 14.6. The third-order valence-electron chi connectivity index (χ3n) is 11.0. The summed E-state index contributed by atoms with van der Waals surface area (Å²) < 4.78 is 2.53. The molecule has 0 N–H and O–H groups in total. The molecule has 0 bridgehead atoms. The molecule has 1 aromatic heterocycles. The van der Waals surface area contributed by atoms with Crippen LogP contribution < -0.4 is 9.80 Å². The van der Waals surface area contributed by atoms with Crippen LogP contribution >= 0.6 is 11.3 Å². The van der Waals surface area contributed by atoms with Crippen LogP contribution in [0.5, 0.6) is 0 Å². The van der Waals surface area contributed by atoms with Crippen LogP contribution in [-0.2, 0) is 5.41 Å². The highest BCUT2D eigenvalue weighted by Gasteiger charge is 2.35. The second kappa shape index (κ2) is 12.9. The van der Waals surface area contributed by atoms with Crippen LogP contribution in [0.3, 0.4) is 0 Å². The zero-order chi connectivity index (χ0) is 36.2. The number of para-hydroxylation sites is 2. The third-order valence-corrected chi connectivity index (χ3v) is 12.2. The molecule has 0 fully saturated rings. The summed E-state index contributed by atoms with van der Waals surface area (Å²) in [6.45, 7) is 4.71. The van der Waals surface area contributed by atoms with Crippen LogP contribution in [-0.4, -0.2) is 0 Å². The van der Waals surface area contributed by atoms with Crippen molar-refractivity contribution in [1.82, 2.24) is 0 Å². The van der Waals surface area contributed by atoms with Gasteiger partial charge in [-0.1, -0.05) is 135 Å². The number of hydrogen-bond acceptors (Lipinski definition) is 3. The lowest BCUT2D eigenvalue weighted by Gasteiger charge is -2.28. The van der Waals surface area contributed by atoms with Crippen molar-refractivity contribution in [3.8, 4) is 22.3 Å². The van der Waals surface area contributed by atoms with Gasteiger partial charge in [0.2, 0.25) is 0 Å². The summed E-state index contributed by atoms with van der Waals surface area (Å²) in [5.74, 6) is 0. The normalized spacial score (nSPS) is 12.8. The first-order valence-corrected chi connectivity index (χ1v) is 19.4. The quantitative estimate of drug-likeness (QED) is 0.162. The highest BCUT2D eigenvalue weighted by molar-refractivity contribution is 7.26. The first-order valence-electron chi connectivity index (χ1n) is 18.6. The summed E-state index contributed by atoms with van der Waals surface area (Å²) in [5.41, 5.74) is 14.6. The molecule has 0 atom stereocenters. The maximum absolute atomic E-state index is 2.43. The van der Waals surface area contributed by atoms with E-state index in [0.717, 1.165) is 28.4 Å². The highest BCUT2D eigenvalue weighted by Crippen LogP contribution is 2.51. The molecule has 1 aliphatic carbocycles. The van der Waals surface area contributed by atoms with Crippen molar-refractivity contribution in [3.63, 3.8) is 0 Å². The fourth-order valence-corrected chi connectivity index (χ4v) is 9.57. The van der Waals surface area contributed by atoms with Gasteiger partial charge in [-0.05, 0) is 106 Å². The fourth-order valence-electron chi connectivity index (χ4n) is 8.41. The van der Waals surface area contributed by atoms with E-state index in [9.17, 15) is 0 Å². The van der Waals surface area contributed by atoms with E-state index in [0.29, 0.717) is 0 Å². The van der Waals surface area contributed by atoms with Gasteiger partial charge in [0.1, 0.15) is 0 Å². The van der Waals surface area contributed by atoms with Crippen molar-refractivity contribution in [1.29, 1.82) is 0 Å². The van der Waals surface area contributed by atoms with Crippen LogP contribution in [0.25, 0.3) is 42.4 Å². The summed E-state index contributed by atoms with van der Waals surface area (Å²) >= 11 is 1.86. The van der Waals surface area contributed by atoms with Crippen LogP contribution in [0.1, 0.15) is 25.0 Å². The fraction of sp³-hybridized carbons (Fsp3) is 0.0588. The van der Waals surface area contributed by atoms with Gasteiger partial charge in [0, 0.05) is 54.0 Å². The molecular formula is C51H38N2S. The Kier molecular flexibility index (Phi) is 7.71. The standard InChI is InChI=1S/C51H38N2S/c1-51(2)45-22-13-12-21-42(45)43-31-29-40(33-46(43)51)52(39-27-25-36(26-28-39)35-15-6-3-7-16-35)41-30-32-44-49(34-41)54-48-24-14-23-47(50(44)48)53(37-17-8-4-9-18-37)38-19-10-5-11-20-38/h3-34H,1-2H3. The summed E-state index contributed by atoms with van der Waals surface area (Å²) in [4.78, 5) is 4.81. The number of hydrogen-bond donors (Lipinski definition) is 0. The summed E-state index contributed by atoms with van der Waals surface area (Å²) in [6.07, 6.45) is 0. The predicted molar refractivity (Wildman–Crippen MR) is 232 cm³/mol. The molecule has 258 valence electrons. The minimum atomic E-state index is -0.0972. The Bertz CT molecular complexity index is 2750. The summed E-state index contributed by atoms with van der Waals surface area (Å²) in [6, 6.07) is 70.7. The van der Waals surface area contributed by atoms with Crippen LogP contribution in [0, 0.1) is 0 Å². The predicted octanol–water partition coefficient (Wildman–Crippen LogP) is 15.0. The van der Waals surface area contributed by atoms with E-state index in [2.05, 4.69) is 218 Å². The lowest BCUT2D eigenvalue weighted by atomic mass is 9.82. The van der Waals surface area contributed by atoms with Gasteiger partial charge in [0.25, 0.3) is 0 Å². The van der Waals surface area contributed by atoms with E-state index in [1.54, 1.807) is 0 Å². The van der Waals surface area contributed by atoms with E-state index in [1.807, 2.05) is 11.3 Å². The topological polar surface area (TPSA) is 6.48 Å². The molecule has 54 heavy (non-hydrogen) atoms. The average Bonchev–Trinajstić information content (AvgIpc) is 3.71. The van der Waals surface area contributed by atoms with E-state index in [-0.39, 0.29) is 5.41 Å². The number of thiophene rings is 1. The number of anilines is 6. The molecule has 0 saturated heterocycles. The van der Waals surface area contributed by atoms with E-state index < -0.39 is 0 Å². The van der Waals surface area contributed by atoms with Crippen molar-refractivity contribution >= 4 is 65.6 Å². The van der Waals surface area contributed by atoms with Gasteiger partial charge >= 0.3 is 0 Å². The first kappa shape index (κ1) is 32.2. The van der Waals surface area contributed by atoms with Gasteiger partial charge in [-0.25, -0.2) is 0 Å². The van der Waals surface area contributed by atoms with E-state index >= 15 is 0 Å². The lowest BCUT2D eigenvalue weighted by Crippen LogP contribution is -2.16. The molecule has 9 aromatic rings. The molecule has 3 heteroatoms. The molecule has 1 heterocycles. The Labute approximate surface area is 320 Å². The zero-order valence-corrected chi connectivity index (χ0v) is 31.1. The van der Waals surface area contributed by atoms with Crippen LogP contribution in [0.15, 0.2) is 194 Å². The lowest BCUT2D eigenvalue weighted by molar-refractivity contribution is 0.660. The Hall–Kier alpha value is -6.42. The number of nitrogens with zero attached hydrogens (tertiary/aromatic N) is 2. The molecule has 0 unspecified atom stereocenters. The molecule has 0 saturated carbocycles. The maximum Gasteiger partial charge on any atom is 0.0554 e. The van der Waals surface area contributed by atoms with Crippen molar-refractivity contribution in [3.05, 3.63) is 205 Å². The zero-order valence-electron chi connectivity index (χ0n) is 30.3. The Balaban J connectivity index is 1.14. The monoisotopic (exact) mass is 710 g/mol. The van der Waals surface area contributed by atoms with Crippen LogP contribution in [0.2, 0.25) is 0 Å². The molecular weight excluding hydrogens is 673 g/mol. The molecule has 0 spiro atoms. The SMILES string of the molecule is CC1(C)c2ccccc2-c2ccc(N(c3ccc(-c4ccccc4)cc3)c3ccc4c(c3)sc3cccc(N(c5ccccc5)c5ccccc5)c34)cc21. The second-order valence-corrected chi connectivity index (χ2v) is 15.7. The Morgan fingerprint density at radius 2 is 0.944 bits per heavy atom. The van der Waals surface area contributed by atoms with E-state index in [4.69, 9.17) is 0 Å². The van der Waals surface area contributed by atoms with Crippen LogP contribution in [0.4, 0.5) is 34.1 Å². The van der Waals surface area contributed by atoms with Crippen molar-refractivity contribution in [2.24, 2.45) is 0 Å². The van der Waals surface area contributed by atoms with Gasteiger partial charge in [0.05, 0.1) is 5.69 Å². The van der Waals surface area contributed by atoms with Gasteiger partial charge in [-0.2, -0.15) is 0 Å². The molecule has 8 aromatic carbocycles. The Morgan fingerprint density at radius 3 is 1.67 bits per heavy atom. The Morgan fingerprint density at radius 1 is 0.389 bits per heavy atom. The van der Waals surface area contributed by atoms with Gasteiger partial charge < -0.3 is 9.80 Å². The number of rotatable bonds is 7. The summed E-state index contributed by atoms with van der Waals surface area (Å²) in [7, 11) is 0. The van der Waals surface area contributed by atoms with Gasteiger partial charge in [0.15, 0.2) is 0 Å². The number of benzene rings is 8. The van der Waals surface area contributed by atoms with E-state index in [1.165, 1.54) is 59.2 Å². The molecule has 1 aliphatic rings. The van der Waals surface area contributed by atoms with Gasteiger partial charge in [-0.3, -0.25) is 0 Å². The van der Waals surface area contributed by atoms with Gasteiger partial charge in [-0.15, -0.1) is 11.3 Å². The molecule has 0 radical (unpaired) electrons. The molecule has 0 amide bonds. The molecule has 2 nitrogen and oxygen atoms in total. The number of fused-ring (bicyclic) bond motifs is 6.